The zero-order valence-electron chi connectivity index (χ0n) is 6.39. The molecule has 0 fully saturated rings. The van der Waals surface area contributed by atoms with Crippen molar-refractivity contribution in [1.29, 1.82) is 0 Å². The molecule has 0 saturated heterocycles. The van der Waals surface area contributed by atoms with Gasteiger partial charge in [0, 0.05) is 14.1 Å². The molecule has 0 amide bonds. The van der Waals surface area contributed by atoms with Crippen LogP contribution in [0.15, 0.2) is 18.2 Å². The first-order valence-electron chi connectivity index (χ1n) is 3.03. The lowest BCUT2D eigenvalue weighted by Gasteiger charge is -2.00. The van der Waals surface area contributed by atoms with Crippen molar-refractivity contribution in [2.75, 3.05) is 5.73 Å². The molecule has 1 nitrogen and oxygen atoms in total. The van der Waals surface area contributed by atoms with Gasteiger partial charge in [0.2, 0.25) is 0 Å². The van der Waals surface area contributed by atoms with Gasteiger partial charge in [-0.3, -0.25) is 0 Å². The lowest BCUT2D eigenvalue weighted by molar-refractivity contribution is 1.35. The van der Waals surface area contributed by atoms with Gasteiger partial charge in [0.1, 0.15) is 0 Å². The fraction of sp³-hybridized carbons (Fsp3) is 0.250. The molecule has 0 unspecified atom stereocenters. The van der Waals surface area contributed by atoms with Crippen LogP contribution in [-0.2, 0) is 0 Å². The Labute approximate surface area is 63.8 Å². The molecule has 0 saturated carbocycles. The van der Waals surface area contributed by atoms with Crippen molar-refractivity contribution in [1.82, 2.24) is 0 Å². The van der Waals surface area contributed by atoms with Crippen molar-refractivity contribution in [3.05, 3.63) is 29.3 Å². The molecule has 0 aliphatic rings. The highest BCUT2D eigenvalue weighted by atomic mass is 14.5. The molecule has 0 bridgehead atoms. The first-order chi connectivity index (χ1) is 4.22. The Morgan fingerprint density at radius 3 is 2.20 bits per heavy atom. The highest BCUT2D eigenvalue weighted by molar-refractivity contribution is 5.75. The van der Waals surface area contributed by atoms with E-state index in [0.29, 0.717) is 0 Å². The molecule has 1 aromatic carbocycles. The van der Waals surface area contributed by atoms with Gasteiger partial charge in [-0.1, -0.05) is 12.1 Å². The van der Waals surface area contributed by atoms with Crippen LogP contribution >= 0.6 is 0 Å². The van der Waals surface area contributed by atoms with Crippen molar-refractivity contribution >= 4 is 14.1 Å². The summed E-state index contributed by atoms with van der Waals surface area (Å²) in [4.78, 5) is 0. The van der Waals surface area contributed by atoms with Gasteiger partial charge in [0.05, 0.1) is 0 Å². The van der Waals surface area contributed by atoms with Gasteiger partial charge >= 0.3 is 0 Å². The summed E-state index contributed by atoms with van der Waals surface area (Å²) in [6.45, 7) is 4.09. The maximum Gasteiger partial charge on any atom is 0.0346 e. The average Bonchev–Trinajstić information content (AvgIpc) is 1.83. The molecule has 0 aliphatic heterocycles. The van der Waals surface area contributed by atoms with Gasteiger partial charge in [-0.2, -0.15) is 0 Å². The van der Waals surface area contributed by atoms with Crippen LogP contribution in [0.5, 0.6) is 0 Å². The third-order valence-corrected chi connectivity index (χ3v) is 1.65. The van der Waals surface area contributed by atoms with Gasteiger partial charge in [-0.15, -0.1) is 0 Å². The van der Waals surface area contributed by atoms with Crippen molar-refractivity contribution in [2.45, 2.75) is 13.8 Å². The Morgan fingerprint density at radius 1 is 1.20 bits per heavy atom. The van der Waals surface area contributed by atoms with Gasteiger partial charge < -0.3 is 5.73 Å². The van der Waals surface area contributed by atoms with Crippen molar-refractivity contribution in [2.24, 2.45) is 0 Å². The first-order valence-corrected chi connectivity index (χ1v) is 3.03. The minimum atomic E-state index is 0. The summed E-state index contributed by atoms with van der Waals surface area (Å²) in [6.07, 6.45) is 0. The number of hydrogen-bond acceptors (Lipinski definition) is 1. The van der Waals surface area contributed by atoms with Gasteiger partial charge in [-0.25, -0.2) is 0 Å². The van der Waals surface area contributed by atoms with Crippen LogP contribution in [0, 0.1) is 13.8 Å². The van der Waals surface area contributed by atoms with Gasteiger partial charge in [-0.05, 0) is 31.0 Å². The zero-order chi connectivity index (χ0) is 6.85. The highest BCUT2D eigenvalue weighted by Crippen LogP contribution is 2.13. The molecule has 0 spiro atoms. The smallest absolute Gasteiger partial charge is 0.0346 e. The van der Waals surface area contributed by atoms with E-state index in [1.54, 1.807) is 0 Å². The quantitative estimate of drug-likeness (QED) is 0.420. The number of rotatable bonds is 0. The Morgan fingerprint density at radius 2 is 1.80 bits per heavy atom. The van der Waals surface area contributed by atoms with Crippen LogP contribution in [-0.4, -0.2) is 8.41 Å². The molecule has 10 heavy (non-hydrogen) atoms. The van der Waals surface area contributed by atoms with E-state index in [1.807, 2.05) is 19.1 Å². The van der Waals surface area contributed by atoms with E-state index in [-0.39, 0.29) is 8.41 Å². The molecule has 0 aliphatic carbocycles. The maximum absolute atomic E-state index is 5.62. The van der Waals surface area contributed by atoms with E-state index in [2.05, 4.69) is 13.0 Å². The third kappa shape index (κ3) is 1.53. The monoisotopic (exact) mass is 132 g/mol. The van der Waals surface area contributed by atoms with Crippen LogP contribution in [0.3, 0.4) is 0 Å². The number of anilines is 1. The fourth-order valence-corrected chi connectivity index (χ4v) is 0.774. The van der Waals surface area contributed by atoms with Crippen LogP contribution in [0.25, 0.3) is 0 Å². The molecule has 2 N–H and O–H groups in total. The molecule has 0 atom stereocenters. The molecular weight excluding hydrogens is 121 g/mol. The van der Waals surface area contributed by atoms with E-state index in [4.69, 9.17) is 5.73 Å². The summed E-state index contributed by atoms with van der Waals surface area (Å²) < 4.78 is 0. The maximum atomic E-state index is 5.62. The molecule has 1 aromatic rings. The Kier molecular flexibility index (Phi) is 3.00. The van der Waals surface area contributed by atoms with E-state index >= 15 is 0 Å². The predicted octanol–water partition coefficient (Wildman–Crippen LogP) is 1.50. The Hall–Kier alpha value is -0.915. The predicted molar refractivity (Wildman–Crippen MR) is 46.1 cm³/mol. The second kappa shape index (κ2) is 3.30. The summed E-state index contributed by atoms with van der Waals surface area (Å²) in [5.74, 6) is 0. The lowest BCUT2D eigenvalue weighted by atomic mass is 10.1. The molecular formula is C8H11BN. The van der Waals surface area contributed by atoms with Crippen LogP contribution in [0.1, 0.15) is 11.1 Å². The average molecular weight is 132 g/mol. The summed E-state index contributed by atoms with van der Waals surface area (Å²) >= 11 is 0. The largest absolute Gasteiger partial charge is 0.399 e. The summed E-state index contributed by atoms with van der Waals surface area (Å²) in [7, 11) is 0. The van der Waals surface area contributed by atoms with Crippen LogP contribution in [0.2, 0.25) is 0 Å². The van der Waals surface area contributed by atoms with E-state index < -0.39 is 0 Å². The standard InChI is InChI=1S/C8H11N.B/c1-6-4-3-5-8(9)7(6)2;/h3-5H,9H2,1-2H3;. The number of benzene rings is 1. The van der Waals surface area contributed by atoms with E-state index in [9.17, 15) is 0 Å². The number of nitrogens with two attached hydrogens (primary N) is 1. The molecule has 51 valence electrons. The highest BCUT2D eigenvalue weighted by Gasteiger charge is 1.92. The molecule has 0 heterocycles. The van der Waals surface area contributed by atoms with Crippen molar-refractivity contribution < 1.29 is 0 Å². The second-order valence-electron chi connectivity index (χ2n) is 2.29. The SMILES string of the molecule is Cc1cccc(N)c1C.[B]. The number of aryl methyl sites for hydroxylation is 1. The number of hydrogen-bond donors (Lipinski definition) is 1. The van der Waals surface area contributed by atoms with Crippen molar-refractivity contribution in [3.63, 3.8) is 0 Å². The van der Waals surface area contributed by atoms with Gasteiger partial charge in [0.15, 0.2) is 0 Å². The summed E-state index contributed by atoms with van der Waals surface area (Å²) in [6, 6.07) is 5.95. The Bertz CT molecular complexity index is 200. The lowest BCUT2D eigenvalue weighted by Crippen LogP contribution is -1.90. The molecule has 0 aromatic heterocycles. The topological polar surface area (TPSA) is 26.0 Å². The fourth-order valence-electron chi connectivity index (χ4n) is 0.774. The van der Waals surface area contributed by atoms with Gasteiger partial charge in [0.25, 0.3) is 0 Å². The normalized spacial score (nSPS) is 8.60. The summed E-state index contributed by atoms with van der Waals surface area (Å²) in [5.41, 5.74) is 8.96. The molecule has 2 heteroatoms. The Balaban J connectivity index is 0.000000810. The zero-order valence-corrected chi connectivity index (χ0v) is 6.39. The van der Waals surface area contributed by atoms with Crippen LogP contribution in [0.4, 0.5) is 5.69 Å². The number of nitrogen functional groups attached to an aromatic ring is 1. The minimum Gasteiger partial charge on any atom is -0.399 e. The summed E-state index contributed by atoms with van der Waals surface area (Å²) in [5, 5.41) is 0. The molecule has 1 rings (SSSR count). The minimum absolute atomic E-state index is 0. The third-order valence-electron chi connectivity index (χ3n) is 1.65. The van der Waals surface area contributed by atoms with E-state index in [1.165, 1.54) is 11.1 Å². The van der Waals surface area contributed by atoms with Crippen molar-refractivity contribution in [3.8, 4) is 0 Å². The van der Waals surface area contributed by atoms with Crippen LogP contribution < -0.4 is 5.73 Å². The first kappa shape index (κ1) is 9.08. The van der Waals surface area contributed by atoms with E-state index in [0.717, 1.165) is 5.69 Å². The molecule has 3 radical (unpaired) electrons. The second-order valence-corrected chi connectivity index (χ2v) is 2.29.